The van der Waals surface area contributed by atoms with E-state index in [9.17, 15) is 9.59 Å². The molecule has 0 aromatic heterocycles. The van der Waals surface area contributed by atoms with E-state index in [1.807, 2.05) is 62.4 Å². The quantitative estimate of drug-likeness (QED) is 0.132. The zero-order valence-corrected chi connectivity index (χ0v) is 19.3. The summed E-state index contributed by atoms with van der Waals surface area (Å²) in [6, 6.07) is 15.0. The zero-order valence-electron chi connectivity index (χ0n) is 18.3. The topological polar surface area (TPSA) is 60.4 Å². The summed E-state index contributed by atoms with van der Waals surface area (Å²) in [6.07, 6.45) is 6.74. The number of Topliss-reactive ketones (excluding diaryl/α,β-unsaturated/α-hetero) is 1. The van der Waals surface area contributed by atoms with Crippen LogP contribution >= 0.6 is 9.12 Å². The molecular formula is C25H33O4P. The molecule has 0 saturated carbocycles. The fraction of sp³-hybridized carbons (Fsp3) is 0.440. The summed E-state index contributed by atoms with van der Waals surface area (Å²) < 4.78 is 13.6. The Balaban J connectivity index is 0.00000218. The van der Waals surface area contributed by atoms with Crippen molar-refractivity contribution in [2.75, 3.05) is 6.61 Å². The molecule has 0 N–H and O–H groups in total. The number of ether oxygens (including phenoxy) is 1. The van der Waals surface area contributed by atoms with Crippen LogP contribution in [-0.4, -0.2) is 18.4 Å². The van der Waals surface area contributed by atoms with Gasteiger partial charge in [-0.15, -0.1) is 0 Å². The maximum atomic E-state index is 13.3. The van der Waals surface area contributed by atoms with Gasteiger partial charge < -0.3 is 4.74 Å². The normalized spacial score (nSPS) is 11.2. The first-order chi connectivity index (χ1) is 14.6. The minimum Gasteiger partial charge on any atom is -0.465 e. The van der Waals surface area contributed by atoms with Gasteiger partial charge in [0.25, 0.3) is 0 Å². The molecular weight excluding hydrogens is 395 g/mol. The van der Waals surface area contributed by atoms with Gasteiger partial charge in [-0.3, -0.25) is 14.2 Å². The second-order valence-electron chi connectivity index (χ2n) is 7.41. The number of rotatable bonds is 11. The fourth-order valence-electron chi connectivity index (χ4n) is 3.53. The molecule has 0 aliphatic heterocycles. The van der Waals surface area contributed by atoms with Gasteiger partial charge in [0.1, 0.15) is 15.0 Å². The third kappa shape index (κ3) is 7.84. The summed E-state index contributed by atoms with van der Waals surface area (Å²) in [5.41, 5.74) is 3.07. The van der Waals surface area contributed by atoms with Gasteiger partial charge in [0.15, 0.2) is 5.78 Å². The predicted octanol–water partition coefficient (Wildman–Crippen LogP) is 6.65. The van der Waals surface area contributed by atoms with Crippen molar-refractivity contribution < 1.29 is 18.9 Å². The van der Waals surface area contributed by atoms with Gasteiger partial charge >= 0.3 is 5.97 Å². The van der Waals surface area contributed by atoms with E-state index in [0.29, 0.717) is 17.7 Å². The first-order valence-corrected chi connectivity index (χ1v) is 11.0. The van der Waals surface area contributed by atoms with Gasteiger partial charge in [0.05, 0.1) is 6.61 Å². The molecule has 2 aromatic rings. The van der Waals surface area contributed by atoms with Crippen LogP contribution in [0.3, 0.4) is 0 Å². The summed E-state index contributed by atoms with van der Waals surface area (Å²) >= 11 is 0. The molecule has 0 amide bonds. The smallest absolute Gasteiger partial charge is 0.321 e. The van der Waals surface area contributed by atoms with E-state index in [0.717, 1.165) is 30.4 Å². The minimum absolute atomic E-state index is 0.185. The van der Waals surface area contributed by atoms with Crippen molar-refractivity contribution in [2.45, 2.75) is 65.2 Å². The molecule has 162 valence electrons. The van der Waals surface area contributed by atoms with Crippen LogP contribution in [0.25, 0.3) is 0 Å². The third-order valence-corrected chi connectivity index (χ3v) is 5.10. The number of hydrogen-bond donors (Lipinski definition) is 0. The molecule has 2 aromatic carbocycles. The molecule has 5 heteroatoms. The lowest BCUT2D eigenvalue weighted by Crippen LogP contribution is -2.26. The molecule has 1 atom stereocenters. The average Bonchev–Trinajstić information content (AvgIpc) is 2.75. The molecule has 0 radical (unpaired) electrons. The second-order valence-corrected chi connectivity index (χ2v) is 7.41. The zero-order chi connectivity index (χ0) is 22.4. The van der Waals surface area contributed by atoms with E-state index in [1.54, 1.807) is 9.12 Å². The first-order valence-electron chi connectivity index (χ1n) is 10.6. The van der Waals surface area contributed by atoms with Crippen LogP contribution < -0.4 is 0 Å². The summed E-state index contributed by atoms with van der Waals surface area (Å²) in [7, 11) is 1.72. The van der Waals surface area contributed by atoms with Crippen LogP contribution in [-0.2, 0) is 14.1 Å². The number of unbranched alkanes of at least 4 members (excludes halogenated alkanes) is 5. The van der Waals surface area contributed by atoms with Crippen molar-refractivity contribution in [3.63, 3.8) is 0 Å². The summed E-state index contributed by atoms with van der Waals surface area (Å²) in [6.45, 7) is 6.38. The van der Waals surface area contributed by atoms with Crippen molar-refractivity contribution in [1.82, 2.24) is 0 Å². The first kappa shape index (κ1) is 25.7. The van der Waals surface area contributed by atoms with Crippen LogP contribution in [0.1, 0.15) is 78.4 Å². The monoisotopic (exact) mass is 428 g/mol. The van der Waals surface area contributed by atoms with E-state index < -0.39 is 11.9 Å². The molecule has 0 spiro atoms. The maximum absolute atomic E-state index is 13.3. The molecule has 0 bridgehead atoms. The summed E-state index contributed by atoms with van der Waals surface area (Å²) in [5.74, 6) is -1.55. The highest BCUT2D eigenvalue weighted by Crippen LogP contribution is 2.26. The van der Waals surface area contributed by atoms with E-state index in [4.69, 9.17) is 9.30 Å². The van der Waals surface area contributed by atoms with Crippen molar-refractivity contribution in [3.05, 3.63) is 70.8 Å². The van der Waals surface area contributed by atoms with Crippen LogP contribution in [0, 0.1) is 13.8 Å². The Hall–Kier alpha value is -2.32. The molecule has 4 nitrogen and oxygen atoms in total. The highest BCUT2D eigenvalue weighted by atomic mass is 31.0. The molecule has 0 fully saturated rings. The Kier molecular flexibility index (Phi) is 12.5. The number of aryl methyl sites for hydroxylation is 2. The molecule has 0 aliphatic rings. The van der Waals surface area contributed by atoms with E-state index >= 15 is 0 Å². The summed E-state index contributed by atoms with van der Waals surface area (Å²) in [4.78, 5) is 26.2. The number of carbonyl (C=O) groups is 2. The minimum atomic E-state index is -0.916. The Morgan fingerprint density at radius 2 is 1.40 bits per heavy atom. The van der Waals surface area contributed by atoms with E-state index in [1.165, 1.54) is 19.3 Å². The maximum Gasteiger partial charge on any atom is 0.321 e. The van der Waals surface area contributed by atoms with Crippen molar-refractivity contribution in [3.8, 4) is 0 Å². The van der Waals surface area contributed by atoms with Crippen LogP contribution in [0.2, 0.25) is 0 Å². The highest BCUT2D eigenvalue weighted by Gasteiger charge is 2.32. The fourth-order valence-corrected chi connectivity index (χ4v) is 3.53. The van der Waals surface area contributed by atoms with Gasteiger partial charge in [-0.05, 0) is 37.0 Å². The molecule has 0 heterocycles. The van der Waals surface area contributed by atoms with Crippen LogP contribution in [0.5, 0.6) is 0 Å². The number of benzene rings is 2. The number of esters is 1. The number of carbonyl (C=O) groups excluding carboxylic acids is 2. The Bertz CT molecular complexity index is 769. The lowest BCUT2D eigenvalue weighted by Gasteiger charge is -2.18. The molecule has 0 saturated heterocycles. The Labute approximate surface area is 182 Å². The lowest BCUT2D eigenvalue weighted by atomic mass is 9.87. The van der Waals surface area contributed by atoms with Crippen LogP contribution in [0.15, 0.2) is 48.5 Å². The molecule has 30 heavy (non-hydrogen) atoms. The molecule has 1 unspecified atom stereocenters. The van der Waals surface area contributed by atoms with Gasteiger partial charge in [0.2, 0.25) is 0 Å². The van der Waals surface area contributed by atoms with Crippen molar-refractivity contribution in [1.29, 1.82) is 0 Å². The van der Waals surface area contributed by atoms with Gasteiger partial charge in [-0.2, -0.15) is 0 Å². The molecule has 0 aliphatic carbocycles. The standard InChI is InChI=1S/C25H32O3.HOP/c1-4-5-6-7-8-12-18-28-25(27)23(21-16-10-9-11-17-21)24(26)22-19(2)14-13-15-20(22)3;1-2/h9-11,13-17,23H,4-8,12,18H2,1-3H3;2H. The Morgan fingerprint density at radius 1 is 0.833 bits per heavy atom. The molecule has 2 rings (SSSR count). The number of hydrogen-bond acceptors (Lipinski definition) is 4. The average molecular weight is 429 g/mol. The van der Waals surface area contributed by atoms with Crippen LogP contribution in [0.4, 0.5) is 0 Å². The van der Waals surface area contributed by atoms with E-state index in [2.05, 4.69) is 6.92 Å². The predicted molar refractivity (Wildman–Crippen MR) is 123 cm³/mol. The SMILES string of the molecule is CCCCCCCCOC(=O)C(C(=O)c1c(C)cccc1C)c1ccccc1.O=P. The summed E-state index contributed by atoms with van der Waals surface area (Å²) in [5, 5.41) is 0. The van der Waals surface area contributed by atoms with Gasteiger partial charge in [-0.25, -0.2) is 0 Å². The van der Waals surface area contributed by atoms with Crippen molar-refractivity contribution in [2.24, 2.45) is 0 Å². The van der Waals surface area contributed by atoms with Gasteiger partial charge in [0, 0.05) is 5.56 Å². The largest absolute Gasteiger partial charge is 0.465 e. The van der Waals surface area contributed by atoms with Gasteiger partial charge in [-0.1, -0.05) is 87.6 Å². The number of ketones is 1. The van der Waals surface area contributed by atoms with Crippen molar-refractivity contribution >= 4 is 20.9 Å². The Morgan fingerprint density at radius 3 is 2.00 bits per heavy atom. The highest BCUT2D eigenvalue weighted by molar-refractivity contribution is 7.00. The third-order valence-electron chi connectivity index (χ3n) is 5.10. The lowest BCUT2D eigenvalue weighted by molar-refractivity contribution is -0.144. The second kappa shape index (κ2) is 14.6. The van der Waals surface area contributed by atoms with E-state index in [-0.39, 0.29) is 5.78 Å².